The van der Waals surface area contributed by atoms with Gasteiger partial charge in [0.05, 0.1) is 12.0 Å². The number of rotatable bonds is 5. The normalized spacial score (nSPS) is 12.0. The van der Waals surface area contributed by atoms with E-state index in [2.05, 4.69) is 22.6 Å². The van der Waals surface area contributed by atoms with Crippen molar-refractivity contribution in [2.24, 2.45) is 0 Å². The number of carbonyl (C=O) groups excluding carboxylic acids is 1. The molecule has 0 aliphatic carbocycles. The molecule has 1 aromatic carbocycles. The van der Waals surface area contributed by atoms with Crippen molar-refractivity contribution in [3.63, 3.8) is 0 Å². The van der Waals surface area contributed by atoms with Gasteiger partial charge in [0.15, 0.2) is 0 Å². The van der Waals surface area contributed by atoms with E-state index >= 15 is 0 Å². The van der Waals surface area contributed by atoms with Crippen LogP contribution in [0.5, 0.6) is 0 Å². The monoisotopic (exact) mass is 375 g/mol. The van der Waals surface area contributed by atoms with Gasteiger partial charge in [-0.2, -0.15) is 0 Å². The van der Waals surface area contributed by atoms with E-state index in [1.54, 1.807) is 17.9 Å². The summed E-state index contributed by atoms with van der Waals surface area (Å²) in [7, 11) is 0. The van der Waals surface area contributed by atoms with Crippen LogP contribution < -0.4 is 0 Å². The average Bonchev–Trinajstić information content (AvgIpc) is 2.32. The largest absolute Gasteiger partial charge is 0.481 e. The Balaban J connectivity index is 3.02. The predicted molar refractivity (Wildman–Crippen MR) is 82.3 cm³/mol. The van der Waals surface area contributed by atoms with E-state index in [9.17, 15) is 9.59 Å². The lowest BCUT2D eigenvalue weighted by molar-refractivity contribution is -0.138. The van der Waals surface area contributed by atoms with Crippen LogP contribution in [-0.2, 0) is 4.79 Å². The highest BCUT2D eigenvalue weighted by molar-refractivity contribution is 14.1. The summed E-state index contributed by atoms with van der Waals surface area (Å²) in [6.45, 7) is 6.07. The summed E-state index contributed by atoms with van der Waals surface area (Å²) in [5, 5.41) is 8.84. The lowest BCUT2D eigenvalue weighted by Gasteiger charge is -2.27. The number of nitrogens with zero attached hydrogens (tertiary/aromatic N) is 1. The fraction of sp³-hybridized carbons (Fsp3) is 0.429. The van der Waals surface area contributed by atoms with Crippen LogP contribution in [0, 0.1) is 10.5 Å². The minimum absolute atomic E-state index is 0.0397. The van der Waals surface area contributed by atoms with Gasteiger partial charge in [-0.1, -0.05) is 12.1 Å². The first-order valence-electron chi connectivity index (χ1n) is 6.16. The van der Waals surface area contributed by atoms with Gasteiger partial charge in [0.1, 0.15) is 0 Å². The van der Waals surface area contributed by atoms with Crippen molar-refractivity contribution in [2.75, 3.05) is 6.54 Å². The van der Waals surface area contributed by atoms with E-state index in [1.165, 1.54) is 0 Å². The second kappa shape index (κ2) is 6.88. The molecule has 0 saturated heterocycles. The summed E-state index contributed by atoms with van der Waals surface area (Å²) >= 11 is 2.15. The number of carboxylic acids is 1. The molecule has 0 aromatic heterocycles. The first kappa shape index (κ1) is 15.9. The van der Waals surface area contributed by atoms with Crippen molar-refractivity contribution >= 4 is 34.5 Å². The molecule has 1 unspecified atom stereocenters. The Hall–Kier alpha value is -1.11. The highest BCUT2D eigenvalue weighted by Crippen LogP contribution is 2.20. The van der Waals surface area contributed by atoms with Crippen molar-refractivity contribution in [1.29, 1.82) is 0 Å². The Bertz CT molecular complexity index is 488. The van der Waals surface area contributed by atoms with Gasteiger partial charge in [-0.15, -0.1) is 0 Å². The van der Waals surface area contributed by atoms with E-state index in [4.69, 9.17) is 5.11 Å². The van der Waals surface area contributed by atoms with Crippen LogP contribution in [0.25, 0.3) is 0 Å². The Kier molecular flexibility index (Phi) is 5.78. The van der Waals surface area contributed by atoms with Gasteiger partial charge < -0.3 is 10.0 Å². The van der Waals surface area contributed by atoms with E-state index in [1.807, 2.05) is 26.0 Å². The quantitative estimate of drug-likeness (QED) is 0.806. The van der Waals surface area contributed by atoms with Crippen LogP contribution in [-0.4, -0.2) is 34.5 Å². The standard InChI is InChI=1S/C14H18INO3/c1-4-16(10(3)8-12(17)18)14(19)11-7-5-6-9(2)13(11)15/h5-7,10H,4,8H2,1-3H3,(H,17,18). The van der Waals surface area contributed by atoms with Crippen LogP contribution in [0.3, 0.4) is 0 Å². The van der Waals surface area contributed by atoms with Gasteiger partial charge in [-0.05, 0) is 55.0 Å². The molecule has 0 spiro atoms. The highest BCUT2D eigenvalue weighted by atomic mass is 127. The first-order chi connectivity index (χ1) is 8.88. The summed E-state index contributed by atoms with van der Waals surface area (Å²) in [5.41, 5.74) is 1.69. The Morgan fingerprint density at radius 3 is 2.58 bits per heavy atom. The van der Waals surface area contributed by atoms with Crippen molar-refractivity contribution in [3.05, 3.63) is 32.9 Å². The fourth-order valence-corrected chi connectivity index (χ4v) is 2.58. The summed E-state index contributed by atoms with van der Waals surface area (Å²) < 4.78 is 0.922. The zero-order chi connectivity index (χ0) is 14.6. The summed E-state index contributed by atoms with van der Waals surface area (Å²) in [6.07, 6.45) is -0.0397. The number of hydrogen-bond acceptors (Lipinski definition) is 2. The second-order valence-corrected chi connectivity index (χ2v) is 5.55. The lowest BCUT2D eigenvalue weighted by atomic mass is 10.1. The van der Waals surface area contributed by atoms with Crippen molar-refractivity contribution in [2.45, 2.75) is 33.2 Å². The maximum Gasteiger partial charge on any atom is 0.305 e. The van der Waals surface area contributed by atoms with Crippen molar-refractivity contribution < 1.29 is 14.7 Å². The molecule has 1 rings (SSSR count). The molecule has 0 bridgehead atoms. The molecule has 0 saturated carbocycles. The molecule has 0 heterocycles. The number of aryl methyl sites for hydroxylation is 1. The number of aliphatic carboxylic acids is 1. The third-order valence-corrected chi connectivity index (χ3v) is 4.46. The predicted octanol–water partition coefficient (Wildman–Crippen LogP) is 2.92. The molecule has 1 N–H and O–H groups in total. The van der Waals surface area contributed by atoms with Gasteiger partial charge >= 0.3 is 5.97 Å². The highest BCUT2D eigenvalue weighted by Gasteiger charge is 2.23. The number of hydrogen-bond donors (Lipinski definition) is 1. The van der Waals surface area contributed by atoms with Crippen molar-refractivity contribution in [1.82, 2.24) is 4.90 Å². The number of halogens is 1. The zero-order valence-corrected chi connectivity index (χ0v) is 13.5. The molecule has 1 atom stereocenters. The van der Waals surface area contributed by atoms with Crippen LogP contribution >= 0.6 is 22.6 Å². The minimum atomic E-state index is -0.891. The molecule has 0 fully saturated rings. The van der Waals surface area contributed by atoms with E-state index in [-0.39, 0.29) is 18.4 Å². The third kappa shape index (κ3) is 3.92. The lowest BCUT2D eigenvalue weighted by Crippen LogP contribution is -2.40. The summed E-state index contributed by atoms with van der Waals surface area (Å²) in [6, 6.07) is 5.27. The molecule has 4 nitrogen and oxygen atoms in total. The van der Waals surface area contributed by atoms with Crippen LogP contribution in [0.4, 0.5) is 0 Å². The topological polar surface area (TPSA) is 57.6 Å². The van der Waals surface area contributed by atoms with Gasteiger partial charge in [0.25, 0.3) is 5.91 Å². The molecular weight excluding hydrogens is 357 g/mol. The molecule has 5 heteroatoms. The second-order valence-electron chi connectivity index (χ2n) is 4.47. The van der Waals surface area contributed by atoms with Gasteiger partial charge in [0.2, 0.25) is 0 Å². The maximum absolute atomic E-state index is 12.5. The molecule has 0 aliphatic heterocycles. The average molecular weight is 375 g/mol. The number of amides is 1. The van der Waals surface area contributed by atoms with Crippen LogP contribution in [0.15, 0.2) is 18.2 Å². The Morgan fingerprint density at radius 2 is 2.05 bits per heavy atom. The SMILES string of the molecule is CCN(C(=O)c1cccc(C)c1I)C(C)CC(=O)O. The first-order valence-corrected chi connectivity index (χ1v) is 7.24. The molecular formula is C14H18INO3. The zero-order valence-electron chi connectivity index (χ0n) is 11.3. The fourth-order valence-electron chi connectivity index (χ4n) is 1.99. The number of carbonyl (C=O) groups is 2. The molecule has 104 valence electrons. The number of benzene rings is 1. The van der Waals surface area contributed by atoms with Gasteiger partial charge in [-0.3, -0.25) is 9.59 Å². The van der Waals surface area contributed by atoms with Crippen LogP contribution in [0.1, 0.15) is 36.2 Å². The van der Waals surface area contributed by atoms with E-state index in [0.717, 1.165) is 9.13 Å². The molecule has 1 aromatic rings. The van der Waals surface area contributed by atoms with E-state index in [0.29, 0.717) is 12.1 Å². The van der Waals surface area contributed by atoms with Gasteiger partial charge in [-0.25, -0.2) is 0 Å². The third-order valence-electron chi connectivity index (χ3n) is 3.03. The molecule has 1 amide bonds. The van der Waals surface area contributed by atoms with Gasteiger partial charge in [0, 0.05) is 16.2 Å². The van der Waals surface area contributed by atoms with Crippen LogP contribution in [0.2, 0.25) is 0 Å². The maximum atomic E-state index is 12.5. The molecule has 0 radical (unpaired) electrons. The molecule has 0 aliphatic rings. The summed E-state index contributed by atoms with van der Waals surface area (Å²) in [5.74, 6) is -0.998. The van der Waals surface area contributed by atoms with E-state index < -0.39 is 5.97 Å². The van der Waals surface area contributed by atoms with Crippen molar-refractivity contribution in [3.8, 4) is 0 Å². The summed E-state index contributed by atoms with van der Waals surface area (Å²) in [4.78, 5) is 24.9. The Labute approximate surface area is 126 Å². The number of carboxylic acid groups (broad SMARTS) is 1. The Morgan fingerprint density at radius 1 is 1.42 bits per heavy atom. The minimum Gasteiger partial charge on any atom is -0.481 e. The molecule has 19 heavy (non-hydrogen) atoms. The smallest absolute Gasteiger partial charge is 0.305 e.